The number of nitrogens with one attached hydrogen (secondary N) is 1. The maximum atomic E-state index is 13.5. The molecule has 2 aliphatic heterocycles. The minimum atomic E-state index is -4.37. The van der Waals surface area contributed by atoms with Gasteiger partial charge in [-0.3, -0.25) is 0 Å². The van der Waals surface area contributed by atoms with Gasteiger partial charge in [0.1, 0.15) is 0 Å². The monoisotopic (exact) mass is 485 g/mol. The first-order valence-corrected chi connectivity index (χ1v) is 11.3. The zero-order valence-corrected chi connectivity index (χ0v) is 18.3. The van der Waals surface area contributed by atoms with E-state index in [9.17, 15) is 13.2 Å². The lowest BCUT2D eigenvalue weighted by molar-refractivity contribution is -0.137. The van der Waals surface area contributed by atoms with Crippen molar-refractivity contribution < 1.29 is 13.2 Å². The number of fused-ring (bicyclic) bond motifs is 2. The van der Waals surface area contributed by atoms with Gasteiger partial charge in [0.05, 0.1) is 5.56 Å². The molecule has 0 atom stereocenters. The summed E-state index contributed by atoms with van der Waals surface area (Å²) in [5.41, 5.74) is 7.76. The Hall–Kier alpha value is -1.22. The van der Waals surface area contributed by atoms with E-state index in [1.165, 1.54) is 23.9 Å². The van der Waals surface area contributed by atoms with E-state index in [1.807, 2.05) is 18.2 Å². The predicted octanol–water partition coefficient (Wildman–Crippen LogP) is 5.36. The third-order valence-corrected chi connectivity index (χ3v) is 7.22. The van der Waals surface area contributed by atoms with Crippen LogP contribution in [0.2, 0.25) is 0 Å². The number of alkyl halides is 3. The summed E-state index contributed by atoms with van der Waals surface area (Å²) in [7, 11) is 0. The average molecular weight is 486 g/mol. The number of likely N-dealkylation sites (tertiary alicyclic amines) is 1. The van der Waals surface area contributed by atoms with Crippen LogP contribution in [-0.4, -0.2) is 37.1 Å². The van der Waals surface area contributed by atoms with Crippen molar-refractivity contribution in [2.75, 3.05) is 31.5 Å². The molecular formula is C21H23BrF3N3S. The highest BCUT2D eigenvalue weighted by molar-refractivity contribution is 9.10. The standard InChI is InChI=1S/C21H23BrF3N3S/c22-15-2-1-13-9-17-18(27-16-3-6-28(7-4-16)8-5-26)10-14(21(23,24)25)11-20(17)29-19(13)12-15/h1-2,10-12,16,27H,3-9,26H2. The van der Waals surface area contributed by atoms with Crippen molar-refractivity contribution in [3.05, 3.63) is 51.5 Å². The van der Waals surface area contributed by atoms with Crippen LogP contribution in [0.5, 0.6) is 0 Å². The summed E-state index contributed by atoms with van der Waals surface area (Å²) < 4.78 is 41.6. The molecule has 2 aromatic carbocycles. The SMILES string of the molecule is NCCN1CCC(Nc2cc(C(F)(F)F)cc3c2Cc2ccc(Br)cc2S3)CC1. The summed E-state index contributed by atoms with van der Waals surface area (Å²) in [6.45, 7) is 3.34. The zero-order chi connectivity index (χ0) is 20.6. The molecule has 0 aliphatic carbocycles. The highest BCUT2D eigenvalue weighted by Gasteiger charge is 2.34. The smallest absolute Gasteiger partial charge is 0.382 e. The molecule has 2 heterocycles. The van der Waals surface area contributed by atoms with Crippen molar-refractivity contribution in [2.24, 2.45) is 5.73 Å². The second-order valence-corrected chi connectivity index (χ2v) is 9.58. The van der Waals surface area contributed by atoms with Gasteiger partial charge in [-0.15, -0.1) is 0 Å². The first kappa shape index (κ1) is 21.0. The van der Waals surface area contributed by atoms with Crippen LogP contribution >= 0.6 is 27.7 Å². The lowest BCUT2D eigenvalue weighted by Crippen LogP contribution is -2.41. The fourth-order valence-electron chi connectivity index (χ4n) is 3.99. The predicted molar refractivity (Wildman–Crippen MR) is 115 cm³/mol. The normalized spacial score (nSPS) is 17.7. The van der Waals surface area contributed by atoms with E-state index in [-0.39, 0.29) is 6.04 Å². The van der Waals surface area contributed by atoms with E-state index in [1.54, 1.807) is 0 Å². The molecule has 2 aliphatic rings. The molecule has 3 N–H and O–H groups in total. The molecule has 8 heteroatoms. The van der Waals surface area contributed by atoms with Crippen LogP contribution in [-0.2, 0) is 12.6 Å². The van der Waals surface area contributed by atoms with Crippen LogP contribution in [0.15, 0.2) is 44.6 Å². The van der Waals surface area contributed by atoms with Crippen molar-refractivity contribution in [3.8, 4) is 0 Å². The molecule has 0 saturated carbocycles. The third kappa shape index (κ3) is 4.76. The number of halogens is 4. The van der Waals surface area contributed by atoms with Gasteiger partial charge in [-0.1, -0.05) is 33.8 Å². The van der Waals surface area contributed by atoms with Crippen LogP contribution in [0.25, 0.3) is 0 Å². The van der Waals surface area contributed by atoms with Crippen LogP contribution in [0.4, 0.5) is 18.9 Å². The van der Waals surface area contributed by atoms with Gasteiger partial charge in [0.25, 0.3) is 0 Å². The molecule has 0 unspecified atom stereocenters. The minimum Gasteiger partial charge on any atom is -0.382 e. The summed E-state index contributed by atoms with van der Waals surface area (Å²) in [4.78, 5) is 4.00. The van der Waals surface area contributed by atoms with E-state index < -0.39 is 11.7 Å². The fourth-order valence-corrected chi connectivity index (χ4v) is 5.69. The number of benzene rings is 2. The Morgan fingerprint density at radius 2 is 1.90 bits per heavy atom. The highest BCUT2D eigenvalue weighted by atomic mass is 79.9. The average Bonchev–Trinajstić information content (AvgIpc) is 2.67. The molecule has 0 aromatic heterocycles. The molecule has 1 fully saturated rings. The highest BCUT2D eigenvalue weighted by Crippen LogP contribution is 2.46. The summed E-state index contributed by atoms with van der Waals surface area (Å²) in [5.74, 6) is 0. The Labute approximate surface area is 181 Å². The Kier molecular flexibility index (Phi) is 6.16. The van der Waals surface area contributed by atoms with E-state index in [0.29, 0.717) is 23.5 Å². The van der Waals surface area contributed by atoms with E-state index in [0.717, 1.165) is 53.0 Å². The molecule has 3 nitrogen and oxygen atoms in total. The van der Waals surface area contributed by atoms with Crippen molar-refractivity contribution in [3.63, 3.8) is 0 Å². The first-order valence-electron chi connectivity index (χ1n) is 9.73. The number of rotatable bonds is 4. The second kappa shape index (κ2) is 8.49. The van der Waals surface area contributed by atoms with Crippen molar-refractivity contribution in [1.82, 2.24) is 4.90 Å². The lowest BCUT2D eigenvalue weighted by Gasteiger charge is -2.34. The fraction of sp³-hybridized carbons (Fsp3) is 0.429. The Balaban J connectivity index is 1.63. The maximum Gasteiger partial charge on any atom is 0.416 e. The quantitative estimate of drug-likeness (QED) is 0.521. The molecule has 0 radical (unpaired) electrons. The van der Waals surface area contributed by atoms with Gasteiger partial charge in [0.2, 0.25) is 0 Å². The van der Waals surface area contributed by atoms with Crippen LogP contribution in [0.3, 0.4) is 0 Å². The van der Waals surface area contributed by atoms with E-state index in [4.69, 9.17) is 5.73 Å². The van der Waals surface area contributed by atoms with Crippen molar-refractivity contribution in [1.29, 1.82) is 0 Å². The molecule has 4 rings (SSSR count). The largest absolute Gasteiger partial charge is 0.416 e. The van der Waals surface area contributed by atoms with Crippen molar-refractivity contribution in [2.45, 2.75) is 41.3 Å². The topological polar surface area (TPSA) is 41.3 Å². The molecule has 0 bridgehead atoms. The summed E-state index contributed by atoms with van der Waals surface area (Å²) in [5, 5.41) is 3.45. The molecular weight excluding hydrogens is 463 g/mol. The summed E-state index contributed by atoms with van der Waals surface area (Å²) in [6.07, 6.45) is -1.92. The third-order valence-electron chi connectivity index (χ3n) is 5.55. The molecule has 156 valence electrons. The lowest BCUT2D eigenvalue weighted by atomic mass is 9.98. The zero-order valence-electron chi connectivity index (χ0n) is 15.9. The van der Waals surface area contributed by atoms with Crippen LogP contribution in [0.1, 0.15) is 29.5 Å². The number of piperidine rings is 1. The molecule has 0 amide bonds. The van der Waals surface area contributed by atoms with Gasteiger partial charge in [-0.25, -0.2) is 0 Å². The summed E-state index contributed by atoms with van der Waals surface area (Å²) in [6, 6.07) is 8.75. The van der Waals surface area contributed by atoms with Crippen molar-refractivity contribution >= 4 is 33.4 Å². The number of nitrogens with two attached hydrogens (primary N) is 1. The van der Waals surface area contributed by atoms with Gasteiger partial charge in [0, 0.05) is 58.6 Å². The summed E-state index contributed by atoms with van der Waals surface area (Å²) >= 11 is 4.87. The number of hydrogen-bond acceptors (Lipinski definition) is 4. The maximum absolute atomic E-state index is 13.5. The molecule has 0 spiro atoms. The molecule has 2 aromatic rings. The van der Waals surface area contributed by atoms with E-state index >= 15 is 0 Å². The minimum absolute atomic E-state index is 0.174. The Morgan fingerprint density at radius 1 is 1.14 bits per heavy atom. The number of anilines is 1. The van der Waals surface area contributed by atoms with Gasteiger partial charge in [-0.05, 0) is 48.2 Å². The Bertz CT molecular complexity index is 895. The van der Waals surface area contributed by atoms with Gasteiger partial charge in [0.15, 0.2) is 0 Å². The van der Waals surface area contributed by atoms with Gasteiger partial charge >= 0.3 is 6.18 Å². The Morgan fingerprint density at radius 3 is 2.59 bits per heavy atom. The number of hydrogen-bond donors (Lipinski definition) is 2. The van der Waals surface area contributed by atoms with Crippen LogP contribution < -0.4 is 11.1 Å². The first-order chi connectivity index (χ1) is 13.8. The molecule has 1 saturated heterocycles. The van der Waals surface area contributed by atoms with E-state index in [2.05, 4.69) is 26.1 Å². The number of nitrogens with zero attached hydrogens (tertiary/aromatic N) is 1. The second-order valence-electron chi connectivity index (χ2n) is 7.58. The van der Waals surface area contributed by atoms with Crippen LogP contribution in [0, 0.1) is 0 Å². The van der Waals surface area contributed by atoms with Gasteiger partial charge in [-0.2, -0.15) is 13.2 Å². The van der Waals surface area contributed by atoms with Gasteiger partial charge < -0.3 is 16.0 Å². The molecule has 29 heavy (non-hydrogen) atoms.